The fourth-order valence-electron chi connectivity index (χ4n) is 2.79. The number of aliphatic hydroxyl groups is 1. The Morgan fingerprint density at radius 3 is 2.57 bits per heavy atom. The predicted molar refractivity (Wildman–Crippen MR) is 79.2 cm³/mol. The van der Waals surface area contributed by atoms with Crippen LogP contribution in [0.3, 0.4) is 0 Å². The summed E-state index contributed by atoms with van der Waals surface area (Å²) < 4.78 is 12.9. The number of halogens is 1. The van der Waals surface area contributed by atoms with E-state index in [0.29, 0.717) is 26.1 Å². The van der Waals surface area contributed by atoms with E-state index in [0.717, 1.165) is 18.4 Å². The molecule has 1 fully saturated rings. The maximum absolute atomic E-state index is 12.9. The predicted octanol–water partition coefficient (Wildman–Crippen LogP) is 1.71. The molecular weight excluding hydrogens is 271 g/mol. The molecule has 0 saturated carbocycles. The highest BCUT2D eigenvalue weighted by atomic mass is 19.1. The summed E-state index contributed by atoms with van der Waals surface area (Å²) in [5, 5.41) is 13.3. The number of piperidine rings is 1. The maximum Gasteiger partial charge on any atom is 0.223 e. The van der Waals surface area contributed by atoms with Crippen molar-refractivity contribution >= 4 is 5.91 Å². The molecule has 1 aromatic rings. The SMILES string of the molecule is CNCCC(=O)N1CCC(C(O)c2ccc(F)cc2)CC1. The summed E-state index contributed by atoms with van der Waals surface area (Å²) >= 11 is 0. The number of nitrogens with one attached hydrogen (secondary N) is 1. The van der Waals surface area contributed by atoms with Crippen LogP contribution in [0.2, 0.25) is 0 Å². The fourth-order valence-corrected chi connectivity index (χ4v) is 2.79. The second-order valence-corrected chi connectivity index (χ2v) is 5.57. The molecule has 0 aromatic heterocycles. The monoisotopic (exact) mass is 294 g/mol. The third kappa shape index (κ3) is 4.25. The summed E-state index contributed by atoms with van der Waals surface area (Å²) in [6.45, 7) is 2.06. The molecule has 1 amide bonds. The zero-order valence-corrected chi connectivity index (χ0v) is 12.4. The van der Waals surface area contributed by atoms with Crippen LogP contribution in [-0.4, -0.2) is 42.6 Å². The minimum absolute atomic E-state index is 0.129. The Balaban J connectivity index is 1.85. The van der Waals surface area contributed by atoms with Crippen molar-refractivity contribution in [3.05, 3.63) is 35.6 Å². The third-order valence-electron chi connectivity index (χ3n) is 4.14. The van der Waals surface area contributed by atoms with Crippen LogP contribution >= 0.6 is 0 Å². The molecule has 0 spiro atoms. The highest BCUT2D eigenvalue weighted by molar-refractivity contribution is 5.76. The quantitative estimate of drug-likeness (QED) is 0.869. The van der Waals surface area contributed by atoms with Gasteiger partial charge in [-0.1, -0.05) is 12.1 Å². The largest absolute Gasteiger partial charge is 0.388 e. The molecule has 1 aliphatic heterocycles. The second kappa shape index (κ2) is 7.52. The van der Waals surface area contributed by atoms with E-state index < -0.39 is 6.10 Å². The summed E-state index contributed by atoms with van der Waals surface area (Å²) in [6, 6.07) is 6.00. The van der Waals surface area contributed by atoms with Crippen LogP contribution in [-0.2, 0) is 4.79 Å². The first-order valence-corrected chi connectivity index (χ1v) is 7.47. The summed E-state index contributed by atoms with van der Waals surface area (Å²) in [4.78, 5) is 13.8. The van der Waals surface area contributed by atoms with E-state index in [1.54, 1.807) is 12.1 Å². The third-order valence-corrected chi connectivity index (χ3v) is 4.14. The molecule has 2 rings (SSSR count). The summed E-state index contributed by atoms with van der Waals surface area (Å²) in [5.74, 6) is -0.00113. The van der Waals surface area contributed by atoms with Crippen molar-refractivity contribution in [3.63, 3.8) is 0 Å². The standard InChI is InChI=1S/C16H23FN2O2/c1-18-9-6-15(20)19-10-7-13(8-11-19)16(21)12-2-4-14(17)5-3-12/h2-5,13,16,18,21H,6-11H2,1H3. The number of carbonyl (C=O) groups excluding carboxylic acids is 1. The molecule has 4 nitrogen and oxygen atoms in total. The van der Waals surface area contributed by atoms with Crippen molar-refractivity contribution in [1.29, 1.82) is 0 Å². The van der Waals surface area contributed by atoms with Crippen LogP contribution in [0.25, 0.3) is 0 Å². The number of amides is 1. The number of aliphatic hydroxyl groups excluding tert-OH is 1. The summed E-state index contributed by atoms with van der Waals surface area (Å²) in [7, 11) is 1.83. The van der Waals surface area contributed by atoms with Crippen molar-refractivity contribution in [2.75, 3.05) is 26.7 Å². The zero-order chi connectivity index (χ0) is 15.2. The molecular formula is C16H23FN2O2. The van der Waals surface area contributed by atoms with E-state index in [1.165, 1.54) is 12.1 Å². The van der Waals surface area contributed by atoms with Crippen LogP contribution in [0, 0.1) is 11.7 Å². The topological polar surface area (TPSA) is 52.6 Å². The van der Waals surface area contributed by atoms with Crippen LogP contribution in [0.4, 0.5) is 4.39 Å². The van der Waals surface area contributed by atoms with Gasteiger partial charge in [-0.2, -0.15) is 0 Å². The van der Waals surface area contributed by atoms with Gasteiger partial charge in [0.1, 0.15) is 5.82 Å². The normalized spacial score (nSPS) is 17.8. The van der Waals surface area contributed by atoms with Crippen LogP contribution in [0.15, 0.2) is 24.3 Å². The van der Waals surface area contributed by atoms with Gasteiger partial charge in [0.2, 0.25) is 5.91 Å². The molecule has 0 aliphatic carbocycles. The first kappa shape index (κ1) is 15.9. The highest BCUT2D eigenvalue weighted by Crippen LogP contribution is 2.30. The van der Waals surface area contributed by atoms with Gasteiger partial charge in [0, 0.05) is 26.1 Å². The Morgan fingerprint density at radius 1 is 1.38 bits per heavy atom. The summed E-state index contributed by atoms with van der Waals surface area (Å²) in [6.07, 6.45) is 1.50. The Kier molecular flexibility index (Phi) is 5.70. The van der Waals surface area contributed by atoms with Gasteiger partial charge >= 0.3 is 0 Å². The van der Waals surface area contributed by atoms with Crippen LogP contribution < -0.4 is 5.32 Å². The lowest BCUT2D eigenvalue weighted by Crippen LogP contribution is -2.40. The number of rotatable bonds is 5. The average Bonchev–Trinajstić information content (AvgIpc) is 2.53. The molecule has 1 atom stereocenters. The molecule has 1 aromatic carbocycles. The number of nitrogens with zero attached hydrogens (tertiary/aromatic N) is 1. The average molecular weight is 294 g/mol. The van der Waals surface area contributed by atoms with Crippen LogP contribution in [0.1, 0.15) is 30.9 Å². The van der Waals surface area contributed by atoms with E-state index in [2.05, 4.69) is 5.32 Å². The Bertz CT molecular complexity index is 456. The fraction of sp³-hybridized carbons (Fsp3) is 0.562. The maximum atomic E-state index is 12.9. The lowest BCUT2D eigenvalue weighted by molar-refractivity contribution is -0.133. The van der Waals surface area contributed by atoms with E-state index in [1.807, 2.05) is 11.9 Å². The zero-order valence-electron chi connectivity index (χ0n) is 12.4. The number of hydrogen-bond donors (Lipinski definition) is 2. The van der Waals surface area contributed by atoms with Gasteiger partial charge in [-0.05, 0) is 43.5 Å². The Hall–Kier alpha value is -1.46. The van der Waals surface area contributed by atoms with Gasteiger partial charge in [0.05, 0.1) is 6.10 Å². The highest BCUT2D eigenvalue weighted by Gasteiger charge is 2.27. The van der Waals surface area contributed by atoms with Gasteiger partial charge in [-0.25, -0.2) is 4.39 Å². The molecule has 1 heterocycles. The van der Waals surface area contributed by atoms with E-state index in [4.69, 9.17) is 0 Å². The van der Waals surface area contributed by atoms with Gasteiger partial charge in [-0.15, -0.1) is 0 Å². The van der Waals surface area contributed by atoms with Crippen molar-refractivity contribution in [3.8, 4) is 0 Å². The molecule has 116 valence electrons. The molecule has 5 heteroatoms. The Labute approximate surface area is 125 Å². The minimum Gasteiger partial charge on any atom is -0.388 e. The number of benzene rings is 1. The Morgan fingerprint density at radius 2 is 2.00 bits per heavy atom. The van der Waals surface area contributed by atoms with Gasteiger partial charge in [-0.3, -0.25) is 4.79 Å². The van der Waals surface area contributed by atoms with Crippen molar-refractivity contribution < 1.29 is 14.3 Å². The molecule has 1 unspecified atom stereocenters. The van der Waals surface area contributed by atoms with Gasteiger partial charge in [0.25, 0.3) is 0 Å². The molecule has 2 N–H and O–H groups in total. The van der Waals surface area contributed by atoms with Crippen molar-refractivity contribution in [1.82, 2.24) is 10.2 Å². The lowest BCUT2D eigenvalue weighted by atomic mass is 9.87. The van der Waals surface area contributed by atoms with Crippen molar-refractivity contribution in [2.45, 2.75) is 25.4 Å². The van der Waals surface area contributed by atoms with Gasteiger partial charge in [0.15, 0.2) is 0 Å². The molecule has 0 bridgehead atoms. The van der Waals surface area contributed by atoms with Crippen LogP contribution in [0.5, 0.6) is 0 Å². The molecule has 21 heavy (non-hydrogen) atoms. The second-order valence-electron chi connectivity index (χ2n) is 5.57. The molecule has 1 aliphatic rings. The van der Waals surface area contributed by atoms with E-state index in [-0.39, 0.29) is 17.6 Å². The number of likely N-dealkylation sites (tertiary alicyclic amines) is 1. The summed E-state index contributed by atoms with van der Waals surface area (Å²) in [5.41, 5.74) is 0.747. The smallest absolute Gasteiger partial charge is 0.223 e. The van der Waals surface area contributed by atoms with Gasteiger partial charge < -0.3 is 15.3 Å². The first-order valence-electron chi connectivity index (χ1n) is 7.47. The minimum atomic E-state index is -0.583. The van der Waals surface area contributed by atoms with Crippen molar-refractivity contribution in [2.24, 2.45) is 5.92 Å². The molecule has 1 saturated heterocycles. The molecule has 0 radical (unpaired) electrons. The van der Waals surface area contributed by atoms with E-state index in [9.17, 15) is 14.3 Å². The number of hydrogen-bond acceptors (Lipinski definition) is 3. The lowest BCUT2D eigenvalue weighted by Gasteiger charge is -2.34. The first-order chi connectivity index (χ1) is 10.1. The van der Waals surface area contributed by atoms with E-state index >= 15 is 0 Å². The number of carbonyl (C=O) groups is 1.